The Morgan fingerprint density at radius 1 is 0.818 bits per heavy atom. The quantitative estimate of drug-likeness (QED) is 0.0912. The molecule has 13 heteroatoms. The van der Waals surface area contributed by atoms with Crippen LogP contribution < -0.4 is 10.6 Å². The number of amides is 2. The molecule has 280 valence electrons. The summed E-state index contributed by atoms with van der Waals surface area (Å²) >= 11 is 1.44. The predicted octanol–water partition coefficient (Wildman–Crippen LogP) is 6.91. The molecule has 4 N–H and O–H groups in total. The summed E-state index contributed by atoms with van der Waals surface area (Å²) in [6.45, 7) is 1.38. The Kier molecular flexibility index (Phi) is 11.9. The van der Waals surface area contributed by atoms with Crippen molar-refractivity contribution in [1.82, 2.24) is 25.5 Å². The Bertz CT molecular complexity index is 2190. The van der Waals surface area contributed by atoms with Gasteiger partial charge >= 0.3 is 6.03 Å². The second kappa shape index (κ2) is 17.5. The fraction of sp³-hybridized carbons (Fsp3) is 0.214. The van der Waals surface area contributed by atoms with Crippen molar-refractivity contribution in [2.24, 2.45) is 0 Å². The summed E-state index contributed by atoms with van der Waals surface area (Å²) in [5, 5.41) is 38.2. The van der Waals surface area contributed by atoms with E-state index in [1.165, 1.54) is 18.7 Å². The van der Waals surface area contributed by atoms with Crippen LogP contribution in [0.5, 0.6) is 5.75 Å². The minimum Gasteiger partial charge on any atom is -0.508 e. The monoisotopic (exact) mass is 756 g/mol. The summed E-state index contributed by atoms with van der Waals surface area (Å²) in [4.78, 5) is 25.7. The molecular weight excluding hydrogens is 717 g/mol. The summed E-state index contributed by atoms with van der Waals surface area (Å²) in [7, 11) is 0. The smallest absolute Gasteiger partial charge is 0.319 e. The molecule has 2 heterocycles. The average Bonchev–Trinajstić information content (AvgIpc) is 3.69. The largest absolute Gasteiger partial charge is 0.508 e. The highest BCUT2D eigenvalue weighted by atomic mass is 32.2. The van der Waals surface area contributed by atoms with Crippen LogP contribution in [0.25, 0.3) is 5.69 Å². The molecule has 55 heavy (non-hydrogen) atoms. The van der Waals surface area contributed by atoms with E-state index in [1.807, 2.05) is 84.9 Å². The Balaban J connectivity index is 1.17. The SMILES string of the molecule is CC(=O)[C@@H](Cc1ccccc1)NC(=O)Nc1cccc(C2O[C@H](CSc3nnnn3-c3ccc(O)cc3)[C@@H](c3ccccc3)[C@H](c3ccc(CO)cc3)O2)c1. The fourth-order valence-corrected chi connectivity index (χ4v) is 7.53. The van der Waals surface area contributed by atoms with Crippen molar-refractivity contribution < 1.29 is 29.3 Å². The summed E-state index contributed by atoms with van der Waals surface area (Å²) in [6, 6.07) is 40.0. The molecule has 1 aliphatic rings. The van der Waals surface area contributed by atoms with E-state index in [9.17, 15) is 19.8 Å². The summed E-state index contributed by atoms with van der Waals surface area (Å²) in [5.74, 6) is 0.170. The molecule has 1 saturated heterocycles. The maximum Gasteiger partial charge on any atom is 0.319 e. The number of Topliss-reactive ketones (excluding diaryl/α,β-unsaturated/α-hetero) is 1. The van der Waals surface area contributed by atoms with Crippen molar-refractivity contribution in [2.45, 2.75) is 55.6 Å². The molecule has 0 aliphatic carbocycles. The molecule has 5 atom stereocenters. The van der Waals surface area contributed by atoms with Crippen LogP contribution in [0.15, 0.2) is 139 Å². The zero-order valence-corrected chi connectivity index (χ0v) is 30.8. The first-order chi connectivity index (χ1) is 26.8. The van der Waals surface area contributed by atoms with E-state index in [1.54, 1.807) is 41.1 Å². The molecule has 5 aromatic carbocycles. The Morgan fingerprint density at radius 2 is 1.53 bits per heavy atom. The number of nitrogens with one attached hydrogen (secondary N) is 2. The van der Waals surface area contributed by atoms with Gasteiger partial charge in [-0.3, -0.25) is 4.79 Å². The van der Waals surface area contributed by atoms with Crippen LogP contribution in [0.4, 0.5) is 10.5 Å². The van der Waals surface area contributed by atoms with Crippen LogP contribution >= 0.6 is 11.8 Å². The minimum absolute atomic E-state index is 0.0819. The van der Waals surface area contributed by atoms with Crippen molar-refractivity contribution in [3.05, 3.63) is 161 Å². The molecule has 0 spiro atoms. The number of hydrogen-bond acceptors (Lipinski definition) is 10. The van der Waals surface area contributed by atoms with Gasteiger partial charge in [-0.05, 0) is 82.4 Å². The molecule has 6 aromatic rings. The Labute approximate surface area is 322 Å². The number of ether oxygens (including phenoxy) is 2. The minimum atomic E-state index is -0.839. The van der Waals surface area contributed by atoms with Crippen LogP contribution in [0.2, 0.25) is 0 Å². The van der Waals surface area contributed by atoms with Crippen LogP contribution in [0, 0.1) is 0 Å². The number of nitrogens with zero attached hydrogens (tertiary/aromatic N) is 4. The first-order valence-corrected chi connectivity index (χ1v) is 18.8. The zero-order chi connectivity index (χ0) is 38.1. The highest BCUT2D eigenvalue weighted by Crippen LogP contribution is 2.48. The third-order valence-electron chi connectivity index (χ3n) is 9.38. The van der Waals surface area contributed by atoms with Crippen LogP contribution in [-0.2, 0) is 27.3 Å². The number of aliphatic hydroxyl groups is 1. The highest BCUT2D eigenvalue weighted by Gasteiger charge is 2.42. The average molecular weight is 757 g/mol. The number of aromatic hydroxyl groups is 1. The lowest BCUT2D eigenvalue weighted by Crippen LogP contribution is -2.43. The number of anilines is 1. The first kappa shape index (κ1) is 37.5. The second-order valence-electron chi connectivity index (χ2n) is 13.2. The standard InChI is InChI=1S/C42H40N6O6S/c1-27(50)36(23-28-9-4-2-5-10-28)44-41(52)43-33-14-8-13-32(24-33)40-53-37(26-55-42-45-46-47-48(42)34-19-21-35(51)22-20-34)38(30-11-6-3-7-12-30)39(54-40)31-17-15-29(25-49)16-18-31/h2-22,24,36-40,49,51H,23,25-26H2,1H3,(H2,43,44,52)/t36-,37-,38-,39+,40?/m1/s1. The molecular formula is C42H40N6O6S. The molecule has 0 saturated carbocycles. The third kappa shape index (κ3) is 9.27. The number of aliphatic hydroxyl groups excluding tert-OH is 1. The molecule has 12 nitrogen and oxygen atoms in total. The van der Waals surface area contributed by atoms with Crippen molar-refractivity contribution in [3.63, 3.8) is 0 Å². The molecule has 1 aromatic heterocycles. The van der Waals surface area contributed by atoms with E-state index in [0.717, 1.165) is 22.3 Å². The van der Waals surface area contributed by atoms with Gasteiger partial charge in [-0.25, -0.2) is 4.79 Å². The predicted molar refractivity (Wildman–Crippen MR) is 208 cm³/mol. The van der Waals surface area contributed by atoms with Gasteiger partial charge in [0, 0.05) is 22.9 Å². The normalized spacial score (nSPS) is 18.7. The fourth-order valence-electron chi connectivity index (χ4n) is 6.57. The number of phenolic OH excluding ortho intramolecular Hbond substituents is 1. The number of hydrogen-bond donors (Lipinski definition) is 4. The van der Waals surface area contributed by atoms with Crippen LogP contribution in [0.3, 0.4) is 0 Å². The number of carbonyl (C=O) groups excluding carboxylic acids is 2. The van der Waals surface area contributed by atoms with Gasteiger partial charge in [0.25, 0.3) is 0 Å². The summed E-state index contributed by atoms with van der Waals surface area (Å²) in [5.41, 5.74) is 5.52. The number of phenols is 1. The lowest BCUT2D eigenvalue weighted by Gasteiger charge is -2.43. The van der Waals surface area contributed by atoms with Gasteiger partial charge in [0.2, 0.25) is 5.16 Å². The number of rotatable bonds is 13. The van der Waals surface area contributed by atoms with Gasteiger partial charge in [-0.2, -0.15) is 4.68 Å². The summed E-state index contributed by atoms with van der Waals surface area (Å²) < 4.78 is 15.3. The van der Waals surface area contributed by atoms with E-state index in [4.69, 9.17) is 9.47 Å². The molecule has 0 radical (unpaired) electrons. The second-order valence-corrected chi connectivity index (χ2v) is 14.2. The van der Waals surface area contributed by atoms with Gasteiger partial charge in [0.1, 0.15) is 5.75 Å². The van der Waals surface area contributed by atoms with Crippen molar-refractivity contribution in [1.29, 1.82) is 0 Å². The number of urea groups is 1. The maximum absolute atomic E-state index is 13.2. The van der Waals surface area contributed by atoms with Crippen molar-refractivity contribution in [3.8, 4) is 11.4 Å². The van der Waals surface area contributed by atoms with Crippen LogP contribution in [0.1, 0.15) is 53.1 Å². The molecule has 0 bridgehead atoms. The van der Waals surface area contributed by atoms with E-state index in [2.05, 4.69) is 38.3 Å². The number of carbonyl (C=O) groups is 2. The number of ketones is 1. The number of aromatic nitrogens is 4. The van der Waals surface area contributed by atoms with Crippen molar-refractivity contribution in [2.75, 3.05) is 11.1 Å². The molecule has 2 amide bonds. The lowest BCUT2D eigenvalue weighted by molar-refractivity contribution is -0.255. The molecule has 1 unspecified atom stereocenters. The molecule has 1 fully saturated rings. The van der Waals surface area contributed by atoms with Gasteiger partial charge < -0.3 is 30.3 Å². The van der Waals surface area contributed by atoms with Crippen molar-refractivity contribution >= 4 is 29.3 Å². The van der Waals surface area contributed by atoms with Gasteiger partial charge in [0.15, 0.2) is 12.1 Å². The highest BCUT2D eigenvalue weighted by molar-refractivity contribution is 7.99. The molecule has 7 rings (SSSR count). The van der Waals surface area contributed by atoms with E-state index < -0.39 is 30.6 Å². The lowest BCUT2D eigenvalue weighted by atomic mass is 9.84. The van der Waals surface area contributed by atoms with E-state index in [-0.39, 0.29) is 24.1 Å². The number of benzene rings is 5. The Morgan fingerprint density at radius 3 is 2.24 bits per heavy atom. The first-order valence-electron chi connectivity index (χ1n) is 17.8. The number of tetrazole rings is 1. The van der Waals surface area contributed by atoms with E-state index >= 15 is 0 Å². The topological polar surface area (TPSA) is 161 Å². The van der Waals surface area contributed by atoms with Crippen LogP contribution in [-0.4, -0.2) is 60.1 Å². The van der Waals surface area contributed by atoms with Gasteiger partial charge in [0.05, 0.1) is 30.5 Å². The third-order valence-corrected chi connectivity index (χ3v) is 10.4. The number of thioether (sulfide) groups is 1. The van der Waals surface area contributed by atoms with Gasteiger partial charge in [-0.1, -0.05) is 109 Å². The maximum atomic E-state index is 13.2. The van der Waals surface area contributed by atoms with E-state index in [0.29, 0.717) is 34.3 Å². The zero-order valence-electron chi connectivity index (χ0n) is 29.9. The molecule has 1 aliphatic heterocycles. The Hall–Kier alpha value is -5.86. The summed E-state index contributed by atoms with van der Waals surface area (Å²) in [6.07, 6.45) is -1.36. The van der Waals surface area contributed by atoms with Gasteiger partial charge in [-0.15, -0.1) is 5.10 Å².